The Labute approximate surface area is 164 Å². The minimum absolute atomic E-state index is 0. The molecule has 2 aromatic rings. The molecule has 9 heteroatoms. The number of fused-ring (bicyclic) bond motifs is 1. The Morgan fingerprint density at radius 1 is 1.48 bits per heavy atom. The lowest BCUT2D eigenvalue weighted by Crippen LogP contribution is -2.41. The summed E-state index contributed by atoms with van der Waals surface area (Å²) in [5.41, 5.74) is 0.964. The zero-order chi connectivity index (χ0) is 17.1. The zero-order valence-electron chi connectivity index (χ0n) is 15.1. The van der Waals surface area contributed by atoms with Gasteiger partial charge in [-0.1, -0.05) is 19.0 Å². The van der Waals surface area contributed by atoms with Gasteiger partial charge < -0.3 is 15.2 Å². The predicted molar refractivity (Wildman–Crippen MR) is 106 cm³/mol. The zero-order valence-corrected chi connectivity index (χ0v) is 17.4. The Kier molecular flexibility index (Phi) is 6.79. The second kappa shape index (κ2) is 8.63. The molecule has 1 atom stereocenters. The second-order valence-electron chi connectivity index (χ2n) is 6.38. The van der Waals surface area contributed by atoms with Gasteiger partial charge in [-0.25, -0.2) is 9.67 Å². The van der Waals surface area contributed by atoms with Gasteiger partial charge in [-0.05, 0) is 25.7 Å². The lowest BCUT2D eigenvalue weighted by Gasteiger charge is -2.24. The molecular formula is C16H26IN7O. The molecule has 1 aliphatic rings. The van der Waals surface area contributed by atoms with Gasteiger partial charge in [0.2, 0.25) is 0 Å². The van der Waals surface area contributed by atoms with E-state index < -0.39 is 0 Å². The standard InChI is InChI=1S/C16H25N7O.HI/c1-10(2)14-8-12(24-22-14)9-18-16(17-4)20-13-6-5-7-23-15(13)19-11(3)21-23;/h8,10,13H,5-7,9H2,1-4H3,(H2,17,18,20);1H. The summed E-state index contributed by atoms with van der Waals surface area (Å²) in [6, 6.07) is 2.10. The fourth-order valence-corrected chi connectivity index (χ4v) is 2.82. The van der Waals surface area contributed by atoms with Crippen LogP contribution in [0.3, 0.4) is 0 Å². The van der Waals surface area contributed by atoms with Crippen molar-refractivity contribution in [3.63, 3.8) is 0 Å². The van der Waals surface area contributed by atoms with E-state index in [2.05, 4.69) is 44.7 Å². The molecule has 25 heavy (non-hydrogen) atoms. The maximum absolute atomic E-state index is 5.35. The molecule has 3 heterocycles. The van der Waals surface area contributed by atoms with Crippen LogP contribution in [0.15, 0.2) is 15.6 Å². The SMILES string of the molecule is CN=C(NCc1cc(C(C)C)no1)NC1CCCn2nc(C)nc21.I. The van der Waals surface area contributed by atoms with Crippen molar-refractivity contribution >= 4 is 29.9 Å². The van der Waals surface area contributed by atoms with Gasteiger partial charge >= 0.3 is 0 Å². The Hall–Kier alpha value is -1.65. The summed E-state index contributed by atoms with van der Waals surface area (Å²) < 4.78 is 7.33. The van der Waals surface area contributed by atoms with Crippen LogP contribution in [0.4, 0.5) is 0 Å². The third-order valence-electron chi connectivity index (χ3n) is 4.11. The van der Waals surface area contributed by atoms with Gasteiger partial charge in [0.05, 0.1) is 18.3 Å². The molecule has 0 saturated heterocycles. The van der Waals surface area contributed by atoms with E-state index in [1.807, 2.05) is 17.7 Å². The monoisotopic (exact) mass is 459 g/mol. The molecule has 0 aromatic carbocycles. The van der Waals surface area contributed by atoms with Crippen LogP contribution in [0.2, 0.25) is 0 Å². The number of aromatic nitrogens is 4. The summed E-state index contributed by atoms with van der Waals surface area (Å²) in [7, 11) is 1.76. The summed E-state index contributed by atoms with van der Waals surface area (Å²) in [5.74, 6) is 3.66. The first kappa shape index (κ1) is 19.7. The highest BCUT2D eigenvalue weighted by Gasteiger charge is 2.24. The topological polar surface area (TPSA) is 93.2 Å². The van der Waals surface area contributed by atoms with Gasteiger partial charge in [-0.3, -0.25) is 4.99 Å². The number of nitrogens with zero attached hydrogens (tertiary/aromatic N) is 5. The fourth-order valence-electron chi connectivity index (χ4n) is 2.82. The van der Waals surface area contributed by atoms with Crippen molar-refractivity contribution in [2.24, 2.45) is 4.99 Å². The Morgan fingerprint density at radius 2 is 2.28 bits per heavy atom. The third kappa shape index (κ3) is 4.71. The summed E-state index contributed by atoms with van der Waals surface area (Å²) in [5, 5.41) is 15.2. The van der Waals surface area contributed by atoms with E-state index in [0.29, 0.717) is 12.5 Å². The van der Waals surface area contributed by atoms with Crippen molar-refractivity contribution in [3.05, 3.63) is 29.2 Å². The number of hydrogen-bond donors (Lipinski definition) is 2. The normalized spacial score (nSPS) is 17.2. The first-order valence-electron chi connectivity index (χ1n) is 8.41. The van der Waals surface area contributed by atoms with Gasteiger partial charge in [-0.15, -0.1) is 24.0 Å². The van der Waals surface area contributed by atoms with Crippen LogP contribution >= 0.6 is 24.0 Å². The highest BCUT2D eigenvalue weighted by atomic mass is 127. The summed E-state index contributed by atoms with van der Waals surface area (Å²) in [6.45, 7) is 7.58. The van der Waals surface area contributed by atoms with Crippen molar-refractivity contribution < 1.29 is 4.52 Å². The first-order chi connectivity index (χ1) is 11.6. The Morgan fingerprint density at radius 3 is 2.96 bits per heavy atom. The quantitative estimate of drug-likeness (QED) is 0.415. The van der Waals surface area contributed by atoms with Crippen molar-refractivity contribution in [1.82, 2.24) is 30.6 Å². The lowest BCUT2D eigenvalue weighted by atomic mass is 10.1. The average Bonchev–Trinajstić information content (AvgIpc) is 3.17. The minimum atomic E-state index is 0. The highest BCUT2D eigenvalue weighted by molar-refractivity contribution is 14.0. The Balaban J connectivity index is 0.00000225. The number of guanidine groups is 1. The summed E-state index contributed by atoms with van der Waals surface area (Å²) >= 11 is 0. The van der Waals surface area contributed by atoms with E-state index in [0.717, 1.165) is 48.4 Å². The number of hydrogen-bond acceptors (Lipinski definition) is 5. The molecule has 0 spiro atoms. The fraction of sp³-hybridized carbons (Fsp3) is 0.625. The van der Waals surface area contributed by atoms with Gasteiger partial charge in [0, 0.05) is 19.7 Å². The van der Waals surface area contributed by atoms with Gasteiger partial charge in [0.25, 0.3) is 0 Å². The molecule has 8 nitrogen and oxygen atoms in total. The van der Waals surface area contributed by atoms with Gasteiger partial charge in [0.15, 0.2) is 11.7 Å². The molecule has 3 rings (SSSR count). The van der Waals surface area contributed by atoms with Crippen LogP contribution < -0.4 is 10.6 Å². The summed E-state index contributed by atoms with van der Waals surface area (Å²) in [6.07, 6.45) is 2.09. The highest BCUT2D eigenvalue weighted by Crippen LogP contribution is 2.22. The maximum Gasteiger partial charge on any atom is 0.191 e. The molecule has 1 aliphatic heterocycles. The van der Waals surface area contributed by atoms with E-state index in [-0.39, 0.29) is 30.0 Å². The van der Waals surface area contributed by atoms with Crippen LogP contribution in [0.5, 0.6) is 0 Å². The number of aliphatic imine (C=N–C) groups is 1. The van der Waals surface area contributed by atoms with Crippen LogP contribution in [0, 0.1) is 6.92 Å². The van der Waals surface area contributed by atoms with Crippen LogP contribution in [-0.4, -0.2) is 32.9 Å². The van der Waals surface area contributed by atoms with Crippen molar-refractivity contribution in [1.29, 1.82) is 0 Å². The van der Waals surface area contributed by atoms with E-state index in [9.17, 15) is 0 Å². The van der Waals surface area contributed by atoms with Crippen LogP contribution in [0.25, 0.3) is 0 Å². The maximum atomic E-state index is 5.35. The molecule has 0 aliphatic carbocycles. The third-order valence-corrected chi connectivity index (χ3v) is 4.11. The summed E-state index contributed by atoms with van der Waals surface area (Å²) in [4.78, 5) is 8.83. The van der Waals surface area contributed by atoms with E-state index in [1.165, 1.54) is 0 Å². The van der Waals surface area contributed by atoms with E-state index >= 15 is 0 Å². The van der Waals surface area contributed by atoms with Gasteiger partial charge in [0.1, 0.15) is 11.6 Å². The second-order valence-corrected chi connectivity index (χ2v) is 6.38. The van der Waals surface area contributed by atoms with Crippen molar-refractivity contribution in [2.45, 2.75) is 58.7 Å². The molecule has 138 valence electrons. The molecule has 2 aromatic heterocycles. The molecule has 0 saturated carbocycles. The number of rotatable bonds is 4. The van der Waals surface area contributed by atoms with Crippen LogP contribution in [0.1, 0.15) is 61.8 Å². The van der Waals surface area contributed by atoms with E-state index in [4.69, 9.17) is 4.52 Å². The Bertz CT molecular complexity index is 722. The predicted octanol–water partition coefficient (Wildman–Crippen LogP) is 2.52. The average molecular weight is 459 g/mol. The molecule has 0 radical (unpaired) electrons. The van der Waals surface area contributed by atoms with Gasteiger partial charge in [-0.2, -0.15) is 5.10 Å². The number of aryl methyl sites for hydroxylation is 2. The molecule has 2 N–H and O–H groups in total. The number of nitrogens with one attached hydrogen (secondary N) is 2. The molecular weight excluding hydrogens is 433 g/mol. The molecule has 0 bridgehead atoms. The lowest BCUT2D eigenvalue weighted by molar-refractivity contribution is 0.370. The largest absolute Gasteiger partial charge is 0.359 e. The van der Waals surface area contributed by atoms with Crippen molar-refractivity contribution in [2.75, 3.05) is 7.05 Å². The first-order valence-corrected chi connectivity index (χ1v) is 8.41. The molecule has 0 amide bonds. The molecule has 1 unspecified atom stereocenters. The van der Waals surface area contributed by atoms with Crippen molar-refractivity contribution in [3.8, 4) is 0 Å². The van der Waals surface area contributed by atoms with Crippen LogP contribution in [-0.2, 0) is 13.1 Å². The molecule has 0 fully saturated rings. The smallest absolute Gasteiger partial charge is 0.191 e. The van der Waals surface area contributed by atoms with E-state index in [1.54, 1.807) is 7.05 Å². The minimum Gasteiger partial charge on any atom is -0.359 e. The number of halogens is 1.